The van der Waals surface area contributed by atoms with Crippen molar-refractivity contribution in [3.05, 3.63) is 53.6 Å². The minimum Gasteiger partial charge on any atom is -0.497 e. The van der Waals surface area contributed by atoms with E-state index in [1.165, 1.54) is 7.11 Å². The van der Waals surface area contributed by atoms with Crippen LogP contribution in [0.3, 0.4) is 0 Å². The molecule has 3 aromatic rings. The van der Waals surface area contributed by atoms with Crippen molar-refractivity contribution in [2.24, 2.45) is 0 Å². The minimum atomic E-state index is -0.241. The number of aryl methyl sites for hydroxylation is 1. The molecule has 2 aromatic carbocycles. The first kappa shape index (κ1) is 20.5. The van der Waals surface area contributed by atoms with Gasteiger partial charge in [0, 0.05) is 30.2 Å². The van der Waals surface area contributed by atoms with Crippen LogP contribution in [0.2, 0.25) is 0 Å². The maximum atomic E-state index is 12.8. The molecule has 0 aliphatic rings. The number of pyridine rings is 1. The average Bonchev–Trinajstić information content (AvgIpc) is 2.74. The number of carbonyl (C=O) groups excluding carboxylic acids is 1. The summed E-state index contributed by atoms with van der Waals surface area (Å²) in [4.78, 5) is 19.8. The van der Waals surface area contributed by atoms with Crippen LogP contribution in [-0.4, -0.2) is 38.2 Å². The number of anilines is 2. The van der Waals surface area contributed by atoms with E-state index in [9.17, 15) is 4.79 Å². The van der Waals surface area contributed by atoms with Crippen LogP contribution in [0.25, 0.3) is 10.9 Å². The normalized spacial score (nSPS) is 10.7. The van der Waals surface area contributed by atoms with Crippen LogP contribution in [0, 0.1) is 6.92 Å². The van der Waals surface area contributed by atoms with Gasteiger partial charge in [-0.25, -0.2) is 4.98 Å². The number of fused-ring (bicyclic) bond motifs is 1. The van der Waals surface area contributed by atoms with Crippen LogP contribution in [0.4, 0.5) is 11.5 Å². The molecule has 1 aromatic heterocycles. The highest BCUT2D eigenvalue weighted by atomic mass is 16.5. The van der Waals surface area contributed by atoms with E-state index in [0.717, 1.165) is 35.4 Å². The van der Waals surface area contributed by atoms with Crippen molar-refractivity contribution in [1.82, 2.24) is 4.98 Å². The second kappa shape index (κ2) is 8.82. The Labute approximate surface area is 171 Å². The summed E-state index contributed by atoms with van der Waals surface area (Å²) in [6.45, 7) is 8.13. The molecule has 3 rings (SSSR count). The van der Waals surface area contributed by atoms with Gasteiger partial charge in [-0.2, -0.15) is 0 Å². The summed E-state index contributed by atoms with van der Waals surface area (Å²) in [5.41, 5.74) is 3.18. The fourth-order valence-corrected chi connectivity index (χ4v) is 3.35. The Morgan fingerprint density at radius 1 is 1.03 bits per heavy atom. The van der Waals surface area contributed by atoms with Gasteiger partial charge in [-0.15, -0.1) is 0 Å². The van der Waals surface area contributed by atoms with E-state index < -0.39 is 0 Å². The number of nitrogens with zero attached hydrogens (tertiary/aromatic N) is 2. The van der Waals surface area contributed by atoms with E-state index in [1.54, 1.807) is 25.3 Å². The average molecular weight is 393 g/mol. The molecule has 0 saturated heterocycles. The highest BCUT2D eigenvalue weighted by Gasteiger charge is 2.15. The van der Waals surface area contributed by atoms with Crippen LogP contribution in [-0.2, 0) is 0 Å². The van der Waals surface area contributed by atoms with Crippen LogP contribution in [0.15, 0.2) is 42.5 Å². The lowest BCUT2D eigenvalue weighted by atomic mass is 10.1. The zero-order chi connectivity index (χ0) is 21.0. The second-order valence-electron chi connectivity index (χ2n) is 6.72. The summed E-state index contributed by atoms with van der Waals surface area (Å²) in [7, 11) is 3.11. The third kappa shape index (κ3) is 4.26. The van der Waals surface area contributed by atoms with Crippen LogP contribution >= 0.6 is 0 Å². The fourth-order valence-electron chi connectivity index (χ4n) is 3.35. The molecule has 0 saturated carbocycles. The molecule has 0 aliphatic heterocycles. The van der Waals surface area contributed by atoms with Gasteiger partial charge in [0.2, 0.25) is 0 Å². The third-order valence-corrected chi connectivity index (χ3v) is 5.00. The number of benzene rings is 2. The summed E-state index contributed by atoms with van der Waals surface area (Å²) in [5, 5.41) is 3.97. The smallest absolute Gasteiger partial charge is 0.259 e. The maximum Gasteiger partial charge on any atom is 0.259 e. The summed E-state index contributed by atoms with van der Waals surface area (Å²) in [6.07, 6.45) is 0. The number of amides is 1. The third-order valence-electron chi connectivity index (χ3n) is 5.00. The summed E-state index contributed by atoms with van der Waals surface area (Å²) in [5.74, 6) is 1.83. The molecule has 152 valence electrons. The van der Waals surface area contributed by atoms with Gasteiger partial charge in [0.05, 0.1) is 25.3 Å². The maximum absolute atomic E-state index is 12.8. The number of carbonyl (C=O) groups is 1. The Balaban J connectivity index is 1.90. The number of aromatic nitrogens is 1. The van der Waals surface area contributed by atoms with Crippen LogP contribution < -0.4 is 19.7 Å². The van der Waals surface area contributed by atoms with Gasteiger partial charge in [0.1, 0.15) is 17.3 Å². The topological polar surface area (TPSA) is 63.7 Å². The Bertz CT molecular complexity index is 1030. The molecule has 0 fully saturated rings. The van der Waals surface area contributed by atoms with E-state index in [0.29, 0.717) is 22.7 Å². The molecule has 0 atom stereocenters. The Morgan fingerprint density at radius 3 is 2.45 bits per heavy atom. The first-order valence-corrected chi connectivity index (χ1v) is 9.70. The molecule has 1 amide bonds. The molecule has 0 aliphatic carbocycles. The van der Waals surface area contributed by atoms with Crippen molar-refractivity contribution in [3.63, 3.8) is 0 Å². The van der Waals surface area contributed by atoms with E-state index >= 15 is 0 Å². The molecule has 29 heavy (non-hydrogen) atoms. The molecule has 0 spiro atoms. The van der Waals surface area contributed by atoms with E-state index in [1.807, 2.05) is 18.2 Å². The monoisotopic (exact) mass is 393 g/mol. The molecule has 6 heteroatoms. The first-order chi connectivity index (χ1) is 14.0. The molecule has 0 radical (unpaired) electrons. The molecule has 0 bridgehead atoms. The Hall–Kier alpha value is -3.28. The fraction of sp³-hybridized carbons (Fsp3) is 0.304. The van der Waals surface area contributed by atoms with E-state index in [4.69, 9.17) is 14.5 Å². The zero-order valence-electron chi connectivity index (χ0n) is 17.6. The van der Waals surface area contributed by atoms with Crippen molar-refractivity contribution in [2.75, 3.05) is 37.5 Å². The lowest BCUT2D eigenvalue weighted by molar-refractivity contribution is 0.102. The molecule has 6 nitrogen and oxygen atoms in total. The molecule has 1 heterocycles. The Kier molecular flexibility index (Phi) is 6.22. The number of methoxy groups -OCH3 is 2. The van der Waals surface area contributed by atoms with Crippen molar-refractivity contribution >= 4 is 28.3 Å². The lowest BCUT2D eigenvalue weighted by Gasteiger charge is -2.21. The van der Waals surface area contributed by atoms with Crippen molar-refractivity contribution in [2.45, 2.75) is 20.8 Å². The van der Waals surface area contributed by atoms with E-state index in [-0.39, 0.29) is 5.91 Å². The minimum absolute atomic E-state index is 0.241. The van der Waals surface area contributed by atoms with Crippen molar-refractivity contribution in [1.29, 1.82) is 0 Å². The zero-order valence-corrected chi connectivity index (χ0v) is 17.6. The van der Waals surface area contributed by atoms with Crippen LogP contribution in [0.5, 0.6) is 11.5 Å². The van der Waals surface area contributed by atoms with Gasteiger partial charge >= 0.3 is 0 Å². The predicted octanol–water partition coefficient (Wildman–Crippen LogP) is 4.66. The van der Waals surface area contributed by atoms with Gasteiger partial charge < -0.3 is 19.7 Å². The number of rotatable bonds is 7. The number of hydrogen-bond acceptors (Lipinski definition) is 5. The van der Waals surface area contributed by atoms with Crippen molar-refractivity contribution < 1.29 is 14.3 Å². The molecule has 0 unspecified atom stereocenters. The number of nitrogens with one attached hydrogen (secondary N) is 1. The molecular weight excluding hydrogens is 366 g/mol. The van der Waals surface area contributed by atoms with Gasteiger partial charge in [0.25, 0.3) is 5.91 Å². The Morgan fingerprint density at radius 2 is 1.79 bits per heavy atom. The molecule has 1 N–H and O–H groups in total. The van der Waals surface area contributed by atoms with Crippen LogP contribution in [0.1, 0.15) is 29.8 Å². The van der Waals surface area contributed by atoms with Gasteiger partial charge in [-0.3, -0.25) is 4.79 Å². The summed E-state index contributed by atoms with van der Waals surface area (Å²) >= 11 is 0. The van der Waals surface area contributed by atoms with Gasteiger partial charge in [0.15, 0.2) is 0 Å². The lowest BCUT2D eigenvalue weighted by Crippen LogP contribution is -2.23. The number of hydrogen-bond donors (Lipinski definition) is 1. The largest absolute Gasteiger partial charge is 0.497 e. The van der Waals surface area contributed by atoms with Gasteiger partial charge in [-0.05, 0) is 62.7 Å². The second-order valence-corrected chi connectivity index (χ2v) is 6.72. The highest BCUT2D eigenvalue weighted by Crippen LogP contribution is 2.28. The standard InChI is InChI=1S/C23H27N3O3/c1-6-26(7-2)22-12-15(3)19-13-16(8-11-20(19)25-22)24-23(27)18-10-9-17(28-4)14-21(18)29-5/h8-14H,6-7H2,1-5H3,(H,24,27). The number of ether oxygens (including phenoxy) is 2. The predicted molar refractivity (Wildman–Crippen MR) is 118 cm³/mol. The summed E-state index contributed by atoms with van der Waals surface area (Å²) in [6, 6.07) is 13.0. The first-order valence-electron chi connectivity index (χ1n) is 9.70. The quantitative estimate of drug-likeness (QED) is 0.633. The van der Waals surface area contributed by atoms with E-state index in [2.05, 4.69) is 37.1 Å². The van der Waals surface area contributed by atoms with Crippen molar-refractivity contribution in [3.8, 4) is 11.5 Å². The highest BCUT2D eigenvalue weighted by molar-refractivity contribution is 6.07. The molecular formula is C23H27N3O3. The SMILES string of the molecule is CCN(CC)c1cc(C)c2cc(NC(=O)c3ccc(OC)cc3OC)ccc2n1. The van der Waals surface area contributed by atoms with Gasteiger partial charge in [-0.1, -0.05) is 0 Å². The summed E-state index contributed by atoms with van der Waals surface area (Å²) < 4.78 is 10.5.